The van der Waals surface area contributed by atoms with E-state index in [0.717, 1.165) is 0 Å². The molecule has 0 heterocycles. The highest BCUT2D eigenvalue weighted by atomic mass is 16.5. The van der Waals surface area contributed by atoms with Gasteiger partial charge in [0.15, 0.2) is 0 Å². The van der Waals surface area contributed by atoms with E-state index in [-0.39, 0.29) is 6.03 Å². The van der Waals surface area contributed by atoms with Crippen LogP contribution in [0.15, 0.2) is 24.3 Å². The monoisotopic (exact) mass is 251 g/mol. The van der Waals surface area contributed by atoms with Crippen LogP contribution < -0.4 is 16.4 Å². The van der Waals surface area contributed by atoms with Gasteiger partial charge in [-0.2, -0.15) is 0 Å². The van der Waals surface area contributed by atoms with Crippen molar-refractivity contribution in [3.05, 3.63) is 24.3 Å². The third-order valence-electron chi connectivity index (χ3n) is 2.13. The maximum Gasteiger partial charge on any atom is 0.319 e. The van der Waals surface area contributed by atoms with Crippen molar-refractivity contribution in [3.63, 3.8) is 0 Å². The maximum absolute atomic E-state index is 11.5. The van der Waals surface area contributed by atoms with E-state index in [4.69, 9.17) is 10.5 Å². The Morgan fingerprint density at radius 3 is 2.89 bits per heavy atom. The van der Waals surface area contributed by atoms with Gasteiger partial charge in [0.1, 0.15) is 0 Å². The molecule has 1 rings (SSSR count). The van der Waals surface area contributed by atoms with Gasteiger partial charge in [0.05, 0.1) is 6.61 Å². The molecular formula is C13H21N3O2. The number of ether oxygens (including phenoxy) is 1. The van der Waals surface area contributed by atoms with Crippen LogP contribution in [0.25, 0.3) is 0 Å². The van der Waals surface area contributed by atoms with Crippen LogP contribution in [0.1, 0.15) is 13.8 Å². The minimum absolute atomic E-state index is 0.256. The summed E-state index contributed by atoms with van der Waals surface area (Å²) in [7, 11) is 0. The second kappa shape index (κ2) is 7.55. The first-order chi connectivity index (χ1) is 8.58. The number of nitrogens with one attached hydrogen (secondary N) is 2. The number of carbonyl (C=O) groups excluding carboxylic acids is 1. The molecule has 0 fully saturated rings. The highest BCUT2D eigenvalue weighted by Crippen LogP contribution is 2.11. The average molecular weight is 251 g/mol. The third kappa shape index (κ3) is 6.10. The number of carbonyl (C=O) groups is 1. The van der Waals surface area contributed by atoms with E-state index in [1.54, 1.807) is 24.3 Å². The van der Waals surface area contributed by atoms with E-state index in [9.17, 15) is 4.79 Å². The van der Waals surface area contributed by atoms with Gasteiger partial charge in [-0.25, -0.2) is 4.79 Å². The summed E-state index contributed by atoms with van der Waals surface area (Å²) in [5.74, 6) is 0.506. The summed E-state index contributed by atoms with van der Waals surface area (Å²) in [6.45, 7) is 5.88. The summed E-state index contributed by atoms with van der Waals surface area (Å²) in [4.78, 5) is 11.5. The van der Waals surface area contributed by atoms with E-state index >= 15 is 0 Å². The number of nitrogens with two attached hydrogens (primary N) is 1. The minimum Gasteiger partial charge on any atom is -0.399 e. The van der Waals surface area contributed by atoms with Crippen molar-refractivity contribution < 1.29 is 9.53 Å². The summed E-state index contributed by atoms with van der Waals surface area (Å²) in [6, 6.07) is 6.79. The Morgan fingerprint density at radius 2 is 2.22 bits per heavy atom. The van der Waals surface area contributed by atoms with Gasteiger partial charge in [-0.3, -0.25) is 0 Å². The predicted molar refractivity (Wildman–Crippen MR) is 73.5 cm³/mol. The quantitative estimate of drug-likeness (QED) is 0.535. The van der Waals surface area contributed by atoms with Crippen molar-refractivity contribution in [2.24, 2.45) is 5.92 Å². The Morgan fingerprint density at radius 1 is 1.44 bits per heavy atom. The van der Waals surface area contributed by atoms with Gasteiger partial charge in [-0.05, 0) is 24.1 Å². The molecular weight excluding hydrogens is 230 g/mol. The van der Waals surface area contributed by atoms with Crippen molar-refractivity contribution in [2.45, 2.75) is 13.8 Å². The van der Waals surface area contributed by atoms with Crippen LogP contribution in [0, 0.1) is 5.92 Å². The Balaban J connectivity index is 2.18. The van der Waals surface area contributed by atoms with E-state index in [2.05, 4.69) is 24.5 Å². The summed E-state index contributed by atoms with van der Waals surface area (Å²) < 4.78 is 5.35. The number of hydrogen-bond donors (Lipinski definition) is 3. The highest BCUT2D eigenvalue weighted by molar-refractivity contribution is 5.89. The van der Waals surface area contributed by atoms with Gasteiger partial charge < -0.3 is 21.1 Å². The van der Waals surface area contributed by atoms with Crippen LogP contribution in [0.3, 0.4) is 0 Å². The fourth-order valence-corrected chi connectivity index (χ4v) is 1.35. The molecule has 0 aromatic heterocycles. The van der Waals surface area contributed by atoms with Gasteiger partial charge in [-0.15, -0.1) is 0 Å². The molecule has 0 radical (unpaired) electrons. The van der Waals surface area contributed by atoms with Crippen LogP contribution in [0.2, 0.25) is 0 Å². The second-order valence-electron chi connectivity index (χ2n) is 4.48. The summed E-state index contributed by atoms with van der Waals surface area (Å²) in [5, 5.41) is 5.41. The number of amides is 2. The SMILES string of the molecule is CC(C)COCCNC(=O)Nc1cccc(N)c1. The molecule has 0 saturated heterocycles. The van der Waals surface area contributed by atoms with E-state index in [1.807, 2.05) is 0 Å². The summed E-state index contributed by atoms with van der Waals surface area (Å²) in [5.41, 5.74) is 6.91. The van der Waals surface area contributed by atoms with Gasteiger partial charge >= 0.3 is 6.03 Å². The van der Waals surface area contributed by atoms with Crippen LogP contribution in [0.5, 0.6) is 0 Å². The number of urea groups is 1. The first-order valence-corrected chi connectivity index (χ1v) is 6.06. The molecule has 100 valence electrons. The molecule has 4 N–H and O–H groups in total. The van der Waals surface area contributed by atoms with Crippen molar-refractivity contribution in [2.75, 3.05) is 30.8 Å². The molecule has 5 nitrogen and oxygen atoms in total. The molecule has 0 saturated carbocycles. The molecule has 0 atom stereocenters. The average Bonchev–Trinajstić information content (AvgIpc) is 2.28. The molecule has 5 heteroatoms. The lowest BCUT2D eigenvalue weighted by atomic mass is 10.2. The van der Waals surface area contributed by atoms with Gasteiger partial charge in [-0.1, -0.05) is 19.9 Å². The maximum atomic E-state index is 11.5. The number of hydrogen-bond acceptors (Lipinski definition) is 3. The van der Waals surface area contributed by atoms with Crippen LogP contribution >= 0.6 is 0 Å². The Hall–Kier alpha value is -1.75. The molecule has 18 heavy (non-hydrogen) atoms. The highest BCUT2D eigenvalue weighted by Gasteiger charge is 2.01. The minimum atomic E-state index is -0.256. The number of rotatable bonds is 6. The molecule has 0 aliphatic carbocycles. The zero-order chi connectivity index (χ0) is 13.4. The van der Waals surface area contributed by atoms with E-state index in [1.165, 1.54) is 0 Å². The Kier molecular flexibility index (Phi) is 6.00. The number of nitrogen functional groups attached to an aromatic ring is 1. The second-order valence-corrected chi connectivity index (χ2v) is 4.48. The smallest absolute Gasteiger partial charge is 0.319 e. The third-order valence-corrected chi connectivity index (χ3v) is 2.13. The van der Waals surface area contributed by atoms with Crippen molar-refractivity contribution in [1.29, 1.82) is 0 Å². The fourth-order valence-electron chi connectivity index (χ4n) is 1.35. The largest absolute Gasteiger partial charge is 0.399 e. The van der Waals surface area contributed by atoms with Gasteiger partial charge in [0.2, 0.25) is 0 Å². The van der Waals surface area contributed by atoms with Crippen LogP contribution in [-0.2, 0) is 4.74 Å². The van der Waals surface area contributed by atoms with E-state index < -0.39 is 0 Å². The van der Waals surface area contributed by atoms with Crippen LogP contribution in [0.4, 0.5) is 16.2 Å². The van der Waals surface area contributed by atoms with Crippen molar-refractivity contribution in [1.82, 2.24) is 5.32 Å². The molecule has 1 aromatic rings. The lowest BCUT2D eigenvalue weighted by Crippen LogP contribution is -2.31. The number of anilines is 2. The Bertz CT molecular complexity index is 380. The first-order valence-electron chi connectivity index (χ1n) is 6.06. The number of benzene rings is 1. The van der Waals surface area contributed by atoms with Crippen molar-refractivity contribution >= 4 is 17.4 Å². The zero-order valence-electron chi connectivity index (χ0n) is 10.9. The predicted octanol–water partition coefficient (Wildman–Crippen LogP) is 2.06. The van der Waals surface area contributed by atoms with Crippen LogP contribution in [-0.4, -0.2) is 25.8 Å². The summed E-state index contributed by atoms with van der Waals surface area (Å²) >= 11 is 0. The normalized spacial score (nSPS) is 10.4. The molecule has 1 aromatic carbocycles. The first kappa shape index (κ1) is 14.3. The standard InChI is InChI=1S/C13H21N3O2/c1-10(2)9-18-7-6-15-13(17)16-12-5-3-4-11(14)8-12/h3-5,8,10H,6-7,9,14H2,1-2H3,(H2,15,16,17). The van der Waals surface area contributed by atoms with E-state index in [0.29, 0.717) is 37.1 Å². The van der Waals surface area contributed by atoms with Gasteiger partial charge in [0.25, 0.3) is 0 Å². The molecule has 0 spiro atoms. The van der Waals surface area contributed by atoms with Gasteiger partial charge in [0, 0.05) is 24.5 Å². The van der Waals surface area contributed by atoms with Crippen molar-refractivity contribution in [3.8, 4) is 0 Å². The molecule has 0 aliphatic rings. The zero-order valence-corrected chi connectivity index (χ0v) is 10.9. The Labute approximate surface area is 108 Å². The summed E-state index contributed by atoms with van der Waals surface area (Å²) in [6.07, 6.45) is 0. The topological polar surface area (TPSA) is 76.4 Å². The fraction of sp³-hybridized carbons (Fsp3) is 0.462. The lowest BCUT2D eigenvalue weighted by Gasteiger charge is -2.09. The molecule has 0 aliphatic heterocycles. The molecule has 2 amide bonds. The molecule has 0 unspecified atom stereocenters. The molecule has 0 bridgehead atoms. The lowest BCUT2D eigenvalue weighted by molar-refractivity contribution is 0.113.